The normalized spacial score (nSPS) is 10.5. The molecule has 0 bridgehead atoms. The molecule has 0 saturated carbocycles. The molecule has 0 aliphatic heterocycles. The zero-order valence-electron chi connectivity index (χ0n) is 15.8. The van der Waals surface area contributed by atoms with Crippen LogP contribution < -0.4 is 21.5 Å². The fraction of sp³-hybridized carbons (Fsp3) is 0. The van der Waals surface area contributed by atoms with Crippen LogP contribution in [0.3, 0.4) is 0 Å². The maximum Gasteiger partial charge on any atom is 0.173 e. The second kappa shape index (κ2) is 8.67. The van der Waals surface area contributed by atoms with E-state index in [1.54, 1.807) is 6.07 Å². The number of hydrogen-bond acceptors (Lipinski definition) is 6. The van der Waals surface area contributed by atoms with E-state index in [-0.39, 0.29) is 5.02 Å². The lowest BCUT2D eigenvalue weighted by atomic mass is 10.2. The fourth-order valence-corrected chi connectivity index (χ4v) is 3.01. The van der Waals surface area contributed by atoms with Gasteiger partial charge in [-0.3, -0.25) is 10.4 Å². The third kappa shape index (κ3) is 4.26. The number of rotatable bonds is 6. The second-order valence-electron chi connectivity index (χ2n) is 6.36. The lowest BCUT2D eigenvalue weighted by Gasteiger charge is -2.26. The molecule has 1 aromatic heterocycles. The van der Waals surface area contributed by atoms with Crippen LogP contribution in [0.25, 0.3) is 0 Å². The quantitative estimate of drug-likeness (QED) is 0.344. The fourth-order valence-electron chi connectivity index (χ4n) is 2.83. The van der Waals surface area contributed by atoms with Crippen LogP contribution >= 0.6 is 11.6 Å². The first-order valence-electron chi connectivity index (χ1n) is 9.11. The predicted octanol–water partition coefficient (Wildman–Crippen LogP) is 5.76. The van der Waals surface area contributed by atoms with Crippen LogP contribution in [0.4, 0.5) is 38.8 Å². The van der Waals surface area contributed by atoms with E-state index in [1.807, 2.05) is 65.7 Å². The highest BCUT2D eigenvalue weighted by molar-refractivity contribution is 6.31. The first-order valence-corrected chi connectivity index (χ1v) is 9.49. The van der Waals surface area contributed by atoms with Gasteiger partial charge in [-0.05, 0) is 42.5 Å². The number of nitrogens with one attached hydrogen (secondary N) is 2. The van der Waals surface area contributed by atoms with Crippen LogP contribution in [0.5, 0.6) is 0 Å². The average molecular weight is 421 g/mol. The van der Waals surface area contributed by atoms with Crippen LogP contribution in [0.1, 0.15) is 0 Å². The van der Waals surface area contributed by atoms with Crippen molar-refractivity contribution >= 4 is 46.0 Å². The third-order valence-electron chi connectivity index (χ3n) is 4.31. The highest BCUT2D eigenvalue weighted by Crippen LogP contribution is 2.31. The van der Waals surface area contributed by atoms with Gasteiger partial charge >= 0.3 is 0 Å². The first kappa shape index (κ1) is 19.5. The summed E-state index contributed by atoms with van der Waals surface area (Å²) in [4.78, 5) is 8.48. The molecule has 0 spiro atoms. The lowest BCUT2D eigenvalue weighted by Crippen LogP contribution is -2.26. The smallest absolute Gasteiger partial charge is 0.173 e. The Morgan fingerprint density at radius 1 is 0.833 bits per heavy atom. The Kier molecular flexibility index (Phi) is 5.63. The molecule has 4 N–H and O–H groups in total. The van der Waals surface area contributed by atoms with E-state index >= 15 is 0 Å². The predicted molar refractivity (Wildman–Crippen MR) is 120 cm³/mol. The van der Waals surface area contributed by atoms with Gasteiger partial charge in [0.1, 0.15) is 17.8 Å². The Labute approximate surface area is 178 Å². The van der Waals surface area contributed by atoms with Gasteiger partial charge in [0.25, 0.3) is 0 Å². The van der Waals surface area contributed by atoms with E-state index in [0.717, 1.165) is 11.4 Å². The Bertz CT molecular complexity index is 1100. The van der Waals surface area contributed by atoms with Crippen LogP contribution in [0.2, 0.25) is 5.02 Å². The van der Waals surface area contributed by atoms with E-state index in [9.17, 15) is 4.39 Å². The molecule has 0 aliphatic carbocycles. The van der Waals surface area contributed by atoms with Crippen LogP contribution in [-0.4, -0.2) is 9.97 Å². The maximum atomic E-state index is 13.4. The highest BCUT2D eigenvalue weighted by atomic mass is 35.5. The van der Waals surface area contributed by atoms with Crippen LogP contribution in [-0.2, 0) is 0 Å². The van der Waals surface area contributed by atoms with Gasteiger partial charge in [-0.2, -0.15) is 0 Å². The minimum absolute atomic E-state index is 0.00491. The Hall–Kier alpha value is -3.84. The molecule has 8 heteroatoms. The monoisotopic (exact) mass is 420 g/mol. The van der Waals surface area contributed by atoms with Gasteiger partial charge in [0.05, 0.1) is 16.4 Å². The number of anilines is 6. The van der Waals surface area contributed by atoms with Crippen molar-refractivity contribution in [3.8, 4) is 0 Å². The zero-order valence-corrected chi connectivity index (χ0v) is 16.5. The molecular weight excluding hydrogens is 403 g/mol. The highest BCUT2D eigenvalue weighted by Gasteiger charge is 2.14. The third-order valence-corrected chi connectivity index (χ3v) is 4.60. The molecule has 0 aliphatic rings. The van der Waals surface area contributed by atoms with Crippen molar-refractivity contribution in [3.63, 3.8) is 0 Å². The molecule has 0 fully saturated rings. The number of benzene rings is 3. The van der Waals surface area contributed by atoms with Crippen molar-refractivity contribution in [2.24, 2.45) is 0 Å². The van der Waals surface area contributed by atoms with E-state index in [2.05, 4.69) is 20.7 Å². The first-order chi connectivity index (χ1) is 14.6. The number of nitrogens with two attached hydrogens (primary N) is 1. The van der Waals surface area contributed by atoms with E-state index < -0.39 is 5.82 Å². The van der Waals surface area contributed by atoms with Gasteiger partial charge in [-0.15, -0.1) is 0 Å². The molecule has 0 atom stereocenters. The van der Waals surface area contributed by atoms with Crippen molar-refractivity contribution in [1.29, 1.82) is 0 Å². The molecule has 6 nitrogen and oxygen atoms in total. The molecular formula is C22H18ClFN6. The molecule has 4 rings (SSSR count). The summed E-state index contributed by atoms with van der Waals surface area (Å²) in [5.41, 5.74) is 12.2. The standard InChI is InChI=1S/C22H18ClFN6/c23-18-13-15(11-12-19(18)24)28-21-20(25)22(27-14-26-21)29-30(16-7-3-1-4-8-16)17-9-5-2-6-10-17/h1-14H,25H2,(H2,26,27,28,29). The van der Waals surface area contributed by atoms with Crippen molar-refractivity contribution in [1.82, 2.24) is 9.97 Å². The zero-order chi connectivity index (χ0) is 20.9. The number of aromatic nitrogens is 2. The summed E-state index contributed by atoms with van der Waals surface area (Å²) < 4.78 is 13.4. The SMILES string of the molecule is Nc1c(Nc2ccc(F)c(Cl)c2)ncnc1NN(c1ccccc1)c1ccccc1. The summed E-state index contributed by atoms with van der Waals surface area (Å²) >= 11 is 5.86. The molecule has 0 amide bonds. The molecule has 4 aromatic rings. The van der Waals surface area contributed by atoms with Gasteiger partial charge < -0.3 is 11.1 Å². The van der Waals surface area contributed by atoms with E-state index in [1.165, 1.54) is 18.5 Å². The number of hydrazine groups is 1. The Morgan fingerprint density at radius 3 is 2.03 bits per heavy atom. The second-order valence-corrected chi connectivity index (χ2v) is 6.76. The molecule has 150 valence electrons. The molecule has 1 heterocycles. The largest absolute Gasteiger partial charge is 0.393 e. The minimum Gasteiger partial charge on any atom is -0.393 e. The van der Waals surface area contributed by atoms with Crippen molar-refractivity contribution in [2.45, 2.75) is 0 Å². The van der Waals surface area contributed by atoms with Gasteiger partial charge in [0.2, 0.25) is 0 Å². The lowest BCUT2D eigenvalue weighted by molar-refractivity contribution is 0.628. The van der Waals surface area contributed by atoms with Crippen molar-refractivity contribution in [3.05, 3.63) is 96.0 Å². The van der Waals surface area contributed by atoms with Crippen molar-refractivity contribution < 1.29 is 4.39 Å². The summed E-state index contributed by atoms with van der Waals surface area (Å²) in [6.07, 6.45) is 1.39. The maximum absolute atomic E-state index is 13.4. The number of hydrogen-bond donors (Lipinski definition) is 3. The average Bonchev–Trinajstić information content (AvgIpc) is 2.78. The summed E-state index contributed by atoms with van der Waals surface area (Å²) in [7, 11) is 0. The van der Waals surface area contributed by atoms with Crippen LogP contribution in [0.15, 0.2) is 85.2 Å². The van der Waals surface area contributed by atoms with Gasteiger partial charge in [0, 0.05) is 5.69 Å². The molecule has 0 unspecified atom stereocenters. The number of nitrogen functional groups attached to an aromatic ring is 1. The Morgan fingerprint density at radius 2 is 1.43 bits per heavy atom. The van der Waals surface area contributed by atoms with Crippen molar-refractivity contribution in [2.75, 3.05) is 21.5 Å². The van der Waals surface area contributed by atoms with Crippen LogP contribution in [0, 0.1) is 5.82 Å². The summed E-state index contributed by atoms with van der Waals surface area (Å²) in [5.74, 6) is 0.284. The molecule has 0 radical (unpaired) electrons. The molecule has 30 heavy (non-hydrogen) atoms. The minimum atomic E-state index is -0.499. The van der Waals surface area contributed by atoms with Gasteiger partial charge in [-0.1, -0.05) is 48.0 Å². The number of nitrogens with zero attached hydrogens (tertiary/aromatic N) is 3. The molecule has 3 aromatic carbocycles. The van der Waals surface area contributed by atoms with E-state index in [0.29, 0.717) is 23.0 Å². The topological polar surface area (TPSA) is 79.1 Å². The molecule has 0 saturated heterocycles. The Balaban J connectivity index is 1.66. The summed E-state index contributed by atoms with van der Waals surface area (Å²) in [6, 6.07) is 23.8. The summed E-state index contributed by atoms with van der Waals surface area (Å²) in [5, 5.41) is 4.92. The van der Waals surface area contributed by atoms with Gasteiger partial charge in [0.15, 0.2) is 11.6 Å². The number of para-hydroxylation sites is 2. The summed E-state index contributed by atoms with van der Waals surface area (Å²) in [6.45, 7) is 0. The number of halogens is 2. The van der Waals surface area contributed by atoms with Gasteiger partial charge in [-0.25, -0.2) is 14.4 Å². The van der Waals surface area contributed by atoms with E-state index in [4.69, 9.17) is 17.3 Å².